The molecule has 2 aromatic heterocycles. The number of anilines is 1. The highest BCUT2D eigenvalue weighted by molar-refractivity contribution is 5.98. The summed E-state index contributed by atoms with van der Waals surface area (Å²) in [6.45, 7) is 1.76. The maximum Gasteiger partial charge on any atom is 0.349 e. The predicted molar refractivity (Wildman–Crippen MR) is 142 cm³/mol. The summed E-state index contributed by atoms with van der Waals surface area (Å²) in [6.07, 6.45) is 1.12. The molecule has 0 radical (unpaired) electrons. The van der Waals surface area contributed by atoms with E-state index < -0.39 is 29.5 Å². The number of carbonyl (C=O) groups is 4. The summed E-state index contributed by atoms with van der Waals surface area (Å²) in [5.41, 5.74) is 2.72. The van der Waals surface area contributed by atoms with Crippen molar-refractivity contribution >= 4 is 35.2 Å². The molecule has 208 valence electrons. The lowest BCUT2D eigenvalue weighted by Gasteiger charge is -2.18. The maximum absolute atomic E-state index is 13.4. The van der Waals surface area contributed by atoms with Crippen LogP contribution < -0.4 is 26.4 Å². The fourth-order valence-corrected chi connectivity index (χ4v) is 5.21. The normalized spacial score (nSPS) is 15.4. The van der Waals surface area contributed by atoms with Crippen LogP contribution >= 0.6 is 0 Å². The number of aromatic amines is 1. The fourth-order valence-electron chi connectivity index (χ4n) is 5.21. The largest absolute Gasteiger partial charge is 0.482 e. The Morgan fingerprint density at radius 3 is 2.78 bits per heavy atom. The van der Waals surface area contributed by atoms with Crippen LogP contribution in [0.1, 0.15) is 66.1 Å². The molecule has 6 rings (SSSR count). The number of benzene rings is 2. The number of aromatic nitrogens is 4. The van der Waals surface area contributed by atoms with Gasteiger partial charge in [0.25, 0.3) is 23.5 Å². The van der Waals surface area contributed by atoms with Gasteiger partial charge in [0.05, 0.1) is 17.3 Å². The van der Waals surface area contributed by atoms with Crippen molar-refractivity contribution in [2.45, 2.75) is 32.4 Å². The summed E-state index contributed by atoms with van der Waals surface area (Å²) in [7, 11) is 0. The molecule has 3 amide bonds. The van der Waals surface area contributed by atoms with Gasteiger partial charge in [0.2, 0.25) is 0 Å². The van der Waals surface area contributed by atoms with Gasteiger partial charge in [-0.05, 0) is 66.3 Å². The zero-order valence-electron chi connectivity index (χ0n) is 21.6. The van der Waals surface area contributed by atoms with Crippen LogP contribution in [0.4, 0.5) is 5.69 Å². The third kappa shape index (κ3) is 4.64. The quantitative estimate of drug-likeness (QED) is 0.230. The van der Waals surface area contributed by atoms with Gasteiger partial charge in [0, 0.05) is 6.54 Å². The molecule has 0 unspecified atom stereocenters. The van der Waals surface area contributed by atoms with E-state index in [1.807, 2.05) is 0 Å². The molecule has 0 bridgehead atoms. The van der Waals surface area contributed by atoms with Gasteiger partial charge < -0.3 is 25.8 Å². The Labute approximate surface area is 230 Å². The lowest BCUT2D eigenvalue weighted by molar-refractivity contribution is -0.118. The maximum atomic E-state index is 13.4. The van der Waals surface area contributed by atoms with Gasteiger partial charge in [0.1, 0.15) is 17.1 Å². The fraction of sp³-hybridized carbons (Fsp3) is 0.222. The minimum atomic E-state index is -1.02. The first kappa shape index (κ1) is 25.7. The number of hydrogen-bond donors (Lipinski definition) is 5. The monoisotopic (exact) mass is 557 g/mol. The first-order chi connectivity index (χ1) is 19.7. The van der Waals surface area contributed by atoms with Crippen LogP contribution in [-0.4, -0.2) is 55.0 Å². The molecule has 2 aromatic carbocycles. The van der Waals surface area contributed by atoms with Crippen LogP contribution in [-0.2, 0) is 17.8 Å². The summed E-state index contributed by atoms with van der Waals surface area (Å²) in [5, 5.41) is 23.8. The highest BCUT2D eigenvalue weighted by Crippen LogP contribution is 2.35. The molecule has 0 saturated heterocycles. The Morgan fingerprint density at radius 1 is 1.15 bits per heavy atom. The number of ether oxygens (including phenoxy) is 1. The average molecular weight is 558 g/mol. The molecule has 14 heteroatoms. The SMILES string of the molecule is Cc1c(C(=O)O)ccc2c1CC[C@@H]2NC(=O)c1cc(C(=O)NCc2ccc3c(c2)NC(=O)CO3)nc2n[nH]c(=O)n12. The smallest absolute Gasteiger partial charge is 0.349 e. The van der Waals surface area contributed by atoms with Crippen LogP contribution in [0.25, 0.3) is 5.78 Å². The van der Waals surface area contributed by atoms with Crippen LogP contribution in [0.3, 0.4) is 0 Å². The minimum Gasteiger partial charge on any atom is -0.482 e. The van der Waals surface area contributed by atoms with Crippen molar-refractivity contribution in [3.8, 4) is 5.75 Å². The second kappa shape index (κ2) is 9.89. The van der Waals surface area contributed by atoms with Crippen LogP contribution in [0.2, 0.25) is 0 Å². The van der Waals surface area contributed by atoms with E-state index in [9.17, 15) is 29.1 Å². The van der Waals surface area contributed by atoms with Crippen LogP contribution in [0.15, 0.2) is 41.2 Å². The Hall–Kier alpha value is -5.53. The minimum absolute atomic E-state index is 0.0675. The third-order valence-corrected chi connectivity index (χ3v) is 7.21. The van der Waals surface area contributed by atoms with E-state index in [-0.39, 0.29) is 41.8 Å². The number of hydrogen-bond acceptors (Lipinski definition) is 8. The number of nitrogens with zero attached hydrogens (tertiary/aromatic N) is 3. The van der Waals surface area contributed by atoms with E-state index in [2.05, 4.69) is 31.1 Å². The average Bonchev–Trinajstić information content (AvgIpc) is 3.54. The number of fused-ring (bicyclic) bond motifs is 3. The van der Waals surface area contributed by atoms with Gasteiger partial charge in [-0.2, -0.15) is 0 Å². The van der Waals surface area contributed by atoms with Crippen molar-refractivity contribution in [3.63, 3.8) is 0 Å². The second-order valence-electron chi connectivity index (χ2n) is 9.72. The van der Waals surface area contributed by atoms with E-state index in [1.54, 1.807) is 31.2 Å². The first-order valence-corrected chi connectivity index (χ1v) is 12.7. The van der Waals surface area contributed by atoms with Gasteiger partial charge in [-0.3, -0.25) is 14.4 Å². The number of aromatic carboxylic acids is 1. The van der Waals surface area contributed by atoms with E-state index in [4.69, 9.17) is 4.74 Å². The molecule has 4 aromatic rings. The van der Waals surface area contributed by atoms with E-state index in [0.717, 1.165) is 15.5 Å². The molecule has 2 aliphatic rings. The number of nitrogens with one attached hydrogen (secondary N) is 4. The number of rotatable bonds is 6. The van der Waals surface area contributed by atoms with Crippen molar-refractivity contribution in [1.82, 2.24) is 30.2 Å². The summed E-state index contributed by atoms with van der Waals surface area (Å²) >= 11 is 0. The molecule has 1 atom stereocenters. The van der Waals surface area contributed by atoms with Crippen molar-refractivity contribution in [3.05, 3.63) is 86.1 Å². The highest BCUT2D eigenvalue weighted by atomic mass is 16.5. The van der Waals surface area contributed by atoms with Crippen LogP contribution in [0.5, 0.6) is 5.75 Å². The molecule has 41 heavy (non-hydrogen) atoms. The molecule has 14 nitrogen and oxygen atoms in total. The Balaban J connectivity index is 1.24. The zero-order valence-corrected chi connectivity index (χ0v) is 21.6. The van der Waals surface area contributed by atoms with Crippen molar-refractivity contribution in [2.75, 3.05) is 11.9 Å². The molecule has 0 fully saturated rings. The number of H-pyrrole nitrogens is 1. The Bertz CT molecular complexity index is 1840. The van der Waals surface area contributed by atoms with Crippen molar-refractivity contribution in [1.29, 1.82) is 0 Å². The molecule has 0 saturated carbocycles. The van der Waals surface area contributed by atoms with Crippen molar-refractivity contribution in [2.24, 2.45) is 0 Å². The summed E-state index contributed by atoms with van der Waals surface area (Å²) in [6, 6.07) is 9.09. The van der Waals surface area contributed by atoms with Gasteiger partial charge in [-0.25, -0.2) is 24.1 Å². The predicted octanol–water partition coefficient (Wildman–Crippen LogP) is 1.10. The molecule has 3 heterocycles. The van der Waals surface area contributed by atoms with E-state index >= 15 is 0 Å². The number of carboxylic acids is 1. The molecular weight excluding hydrogens is 534 g/mol. The van der Waals surface area contributed by atoms with Crippen molar-refractivity contribution < 1.29 is 29.0 Å². The molecule has 1 aliphatic carbocycles. The number of carbonyl (C=O) groups excluding carboxylic acids is 3. The highest BCUT2D eigenvalue weighted by Gasteiger charge is 2.29. The third-order valence-electron chi connectivity index (χ3n) is 7.21. The topological polar surface area (TPSA) is 197 Å². The standard InChI is InChI=1S/C27H23N7O7/c1-12-14-5-6-17(16(14)4-3-15(12)25(38)39)30-24(37)20-9-19(31-26-32-33-27(40)34(20)26)23(36)28-10-13-2-7-21-18(8-13)29-22(35)11-41-21/h2-4,7-9,17H,5-6,10-11H2,1H3,(H,28,36)(H,29,35)(H,30,37)(H,33,40)(H,38,39)/t17-/m0/s1. The lowest BCUT2D eigenvalue weighted by Crippen LogP contribution is -2.32. The van der Waals surface area contributed by atoms with E-state index in [1.165, 1.54) is 12.1 Å². The second-order valence-corrected chi connectivity index (χ2v) is 9.72. The summed E-state index contributed by atoms with van der Waals surface area (Å²) in [4.78, 5) is 66.2. The first-order valence-electron chi connectivity index (χ1n) is 12.7. The van der Waals surface area contributed by atoms with Gasteiger partial charge in [-0.1, -0.05) is 12.1 Å². The molecule has 1 aliphatic heterocycles. The number of carboxylic acid groups (broad SMARTS) is 1. The van der Waals surface area contributed by atoms with E-state index in [0.29, 0.717) is 35.4 Å². The van der Waals surface area contributed by atoms with Gasteiger partial charge in [-0.15, -0.1) is 5.10 Å². The molecular formula is C27H23N7O7. The zero-order chi connectivity index (χ0) is 28.8. The van der Waals surface area contributed by atoms with Crippen LogP contribution in [0, 0.1) is 6.92 Å². The Kier molecular flexibility index (Phi) is 6.21. The summed E-state index contributed by atoms with van der Waals surface area (Å²) < 4.78 is 6.32. The Morgan fingerprint density at radius 2 is 1.98 bits per heavy atom. The lowest BCUT2D eigenvalue weighted by atomic mass is 9.98. The molecule has 0 spiro atoms. The molecule has 5 N–H and O–H groups in total. The van der Waals surface area contributed by atoms with Gasteiger partial charge in [0.15, 0.2) is 6.61 Å². The number of amides is 3. The van der Waals surface area contributed by atoms with Gasteiger partial charge >= 0.3 is 11.7 Å². The summed E-state index contributed by atoms with van der Waals surface area (Å²) in [5.74, 6) is -2.17.